The lowest BCUT2D eigenvalue weighted by Crippen LogP contribution is -2.25. The Bertz CT molecular complexity index is 664. The average molecular weight is 292 g/mol. The second-order valence-corrected chi connectivity index (χ2v) is 6.71. The van der Waals surface area contributed by atoms with Gasteiger partial charge in [-0.2, -0.15) is 13.2 Å². The molecule has 0 spiro atoms. The first kappa shape index (κ1) is 14.1. The summed E-state index contributed by atoms with van der Waals surface area (Å²) in [7, 11) is -3.92. The number of hydrogen-bond acceptors (Lipinski definition) is 3. The van der Waals surface area contributed by atoms with Gasteiger partial charge in [0.05, 0.1) is 21.0 Å². The van der Waals surface area contributed by atoms with E-state index in [4.69, 9.17) is 0 Å². The molecule has 0 amide bonds. The van der Waals surface area contributed by atoms with E-state index in [0.717, 1.165) is 24.3 Å². The third-order valence-corrected chi connectivity index (χ3v) is 4.95. The number of halogens is 3. The third-order valence-electron chi connectivity index (χ3n) is 2.81. The summed E-state index contributed by atoms with van der Waals surface area (Å²) in [5.41, 5.74) is -2.61. The molecule has 1 aromatic rings. The zero-order chi connectivity index (χ0) is 14.6. The molecule has 104 valence electrons. The number of alkyl halides is 3. The molecular weight excluding hydrogens is 281 g/mol. The van der Waals surface area contributed by atoms with Gasteiger partial charge in [0.2, 0.25) is 9.84 Å². The lowest BCUT2D eigenvalue weighted by molar-refractivity contribution is -0.137. The smallest absolute Gasteiger partial charge is 0.385 e. The maximum atomic E-state index is 12.6. The molecule has 1 N–H and O–H groups in total. The minimum absolute atomic E-state index is 0.0491. The lowest BCUT2D eigenvalue weighted by Gasteiger charge is -2.18. The third kappa shape index (κ3) is 2.28. The Morgan fingerprint density at radius 2 is 1.74 bits per heavy atom. The van der Waals surface area contributed by atoms with Crippen LogP contribution in [0.15, 0.2) is 28.0 Å². The number of aliphatic hydroxyl groups is 1. The molecule has 1 aliphatic heterocycles. The molecule has 0 unspecified atom stereocenters. The fraction of sp³-hybridized carbons (Fsp3) is 0.333. The van der Waals surface area contributed by atoms with Crippen LogP contribution in [0, 0.1) is 0 Å². The molecule has 0 aliphatic carbocycles. The van der Waals surface area contributed by atoms with Gasteiger partial charge in [-0.25, -0.2) is 8.42 Å². The van der Waals surface area contributed by atoms with Gasteiger partial charge >= 0.3 is 6.18 Å². The van der Waals surface area contributed by atoms with Gasteiger partial charge in [-0.05, 0) is 43.7 Å². The van der Waals surface area contributed by atoms with Crippen LogP contribution in [0.25, 0.3) is 6.08 Å². The van der Waals surface area contributed by atoms with Crippen molar-refractivity contribution >= 4 is 15.9 Å². The summed E-state index contributed by atoms with van der Waals surface area (Å²) in [6.45, 7) is 2.54. The lowest BCUT2D eigenvalue weighted by atomic mass is 10.1. The highest BCUT2D eigenvalue weighted by Crippen LogP contribution is 2.40. The van der Waals surface area contributed by atoms with Crippen molar-refractivity contribution in [1.29, 1.82) is 0 Å². The normalized spacial score (nSPS) is 18.1. The van der Waals surface area contributed by atoms with Crippen molar-refractivity contribution < 1.29 is 26.7 Å². The van der Waals surface area contributed by atoms with E-state index in [2.05, 4.69) is 0 Å². The van der Waals surface area contributed by atoms with Crippen LogP contribution in [0.1, 0.15) is 25.0 Å². The first-order valence-corrected chi connectivity index (χ1v) is 6.83. The topological polar surface area (TPSA) is 54.4 Å². The summed E-state index contributed by atoms with van der Waals surface area (Å²) < 4.78 is 61.8. The highest BCUT2D eigenvalue weighted by molar-refractivity contribution is 7.96. The van der Waals surface area contributed by atoms with Crippen molar-refractivity contribution in [2.24, 2.45) is 0 Å². The van der Waals surface area contributed by atoms with E-state index in [-0.39, 0.29) is 15.4 Å². The minimum atomic E-state index is -4.54. The summed E-state index contributed by atoms with van der Waals surface area (Å²) in [5, 5.41) is 9.78. The van der Waals surface area contributed by atoms with Gasteiger partial charge in [-0.15, -0.1) is 0 Å². The molecule has 1 aliphatic rings. The van der Waals surface area contributed by atoms with Crippen molar-refractivity contribution in [3.8, 4) is 0 Å². The number of sulfone groups is 1. The van der Waals surface area contributed by atoms with Gasteiger partial charge in [0.15, 0.2) is 0 Å². The quantitative estimate of drug-likeness (QED) is 0.865. The first-order chi connectivity index (χ1) is 8.44. The van der Waals surface area contributed by atoms with Crippen molar-refractivity contribution in [1.82, 2.24) is 0 Å². The Morgan fingerprint density at radius 1 is 1.16 bits per heavy atom. The standard InChI is InChI=1S/C12H11F3O3S/c1-11(2,16)10-6-7-5-8(12(13,14)15)3-4-9(7)19(10,17)18/h3-6,16H,1-2H3. The Kier molecular flexibility index (Phi) is 2.84. The van der Waals surface area contributed by atoms with Crippen LogP contribution < -0.4 is 0 Å². The van der Waals surface area contributed by atoms with E-state index in [0.29, 0.717) is 0 Å². The molecule has 0 aromatic heterocycles. The number of benzene rings is 1. The Balaban J connectivity index is 2.66. The fourth-order valence-corrected chi connectivity index (χ4v) is 3.78. The Labute approximate surface area is 108 Å². The monoisotopic (exact) mass is 292 g/mol. The molecule has 0 saturated carbocycles. The Hall–Kier alpha value is -1.34. The molecule has 0 bridgehead atoms. The van der Waals surface area contributed by atoms with Crippen LogP contribution in [0.5, 0.6) is 0 Å². The largest absolute Gasteiger partial charge is 0.416 e. The maximum absolute atomic E-state index is 12.6. The van der Waals surface area contributed by atoms with Gasteiger partial charge in [-0.3, -0.25) is 0 Å². The van der Waals surface area contributed by atoms with Crippen LogP contribution in [0.2, 0.25) is 0 Å². The van der Waals surface area contributed by atoms with E-state index in [1.165, 1.54) is 13.8 Å². The van der Waals surface area contributed by atoms with Crippen molar-refractivity contribution in [2.75, 3.05) is 0 Å². The van der Waals surface area contributed by atoms with Gasteiger partial charge in [0.1, 0.15) is 0 Å². The van der Waals surface area contributed by atoms with E-state index >= 15 is 0 Å². The van der Waals surface area contributed by atoms with E-state index in [1.54, 1.807) is 0 Å². The summed E-state index contributed by atoms with van der Waals surface area (Å²) in [5.74, 6) is 0. The molecule has 2 rings (SSSR count). The molecular formula is C12H11F3O3S. The number of rotatable bonds is 1. The molecule has 0 radical (unpaired) electrons. The van der Waals surface area contributed by atoms with Crippen LogP contribution in [0.3, 0.4) is 0 Å². The zero-order valence-electron chi connectivity index (χ0n) is 10.1. The number of hydrogen-bond donors (Lipinski definition) is 1. The van der Waals surface area contributed by atoms with Gasteiger partial charge in [0.25, 0.3) is 0 Å². The van der Waals surface area contributed by atoms with Gasteiger partial charge < -0.3 is 5.11 Å². The molecule has 7 heteroatoms. The van der Waals surface area contributed by atoms with E-state index in [1.807, 2.05) is 0 Å². The van der Waals surface area contributed by atoms with Crippen LogP contribution in [-0.2, 0) is 16.0 Å². The van der Waals surface area contributed by atoms with Gasteiger partial charge in [-0.1, -0.05) is 0 Å². The van der Waals surface area contributed by atoms with Crippen LogP contribution in [-0.4, -0.2) is 19.1 Å². The highest BCUT2D eigenvalue weighted by atomic mass is 32.2. The summed E-state index contributed by atoms with van der Waals surface area (Å²) >= 11 is 0. The maximum Gasteiger partial charge on any atom is 0.416 e. The minimum Gasteiger partial charge on any atom is -0.385 e. The summed E-state index contributed by atoms with van der Waals surface area (Å²) in [4.78, 5) is -0.507. The van der Waals surface area contributed by atoms with E-state index < -0.39 is 27.2 Å². The van der Waals surface area contributed by atoms with Crippen LogP contribution >= 0.6 is 0 Å². The molecule has 1 aromatic carbocycles. The number of fused-ring (bicyclic) bond motifs is 1. The van der Waals surface area contributed by atoms with E-state index in [9.17, 15) is 26.7 Å². The fourth-order valence-electron chi connectivity index (χ4n) is 1.93. The van der Waals surface area contributed by atoms with Gasteiger partial charge in [0, 0.05) is 0 Å². The predicted octanol–water partition coefficient (Wildman–Crippen LogP) is 2.60. The second-order valence-electron chi connectivity index (χ2n) is 4.82. The highest BCUT2D eigenvalue weighted by Gasteiger charge is 2.39. The predicted molar refractivity (Wildman–Crippen MR) is 62.9 cm³/mol. The molecule has 0 saturated heterocycles. The SMILES string of the molecule is CC(C)(O)C1=Cc2cc(C(F)(F)F)ccc2S1(=O)=O. The van der Waals surface area contributed by atoms with Crippen molar-refractivity contribution in [2.45, 2.75) is 30.5 Å². The summed E-state index contributed by atoms with van der Waals surface area (Å²) in [6, 6.07) is 2.41. The zero-order valence-corrected chi connectivity index (χ0v) is 10.9. The van der Waals surface area contributed by atoms with Crippen molar-refractivity contribution in [3.05, 3.63) is 34.2 Å². The van der Waals surface area contributed by atoms with Crippen LogP contribution in [0.4, 0.5) is 13.2 Å². The molecule has 3 nitrogen and oxygen atoms in total. The molecule has 1 heterocycles. The van der Waals surface area contributed by atoms with Crippen molar-refractivity contribution in [3.63, 3.8) is 0 Å². The Morgan fingerprint density at radius 3 is 2.21 bits per heavy atom. The molecule has 0 fully saturated rings. The molecule has 0 atom stereocenters. The average Bonchev–Trinajstić information content (AvgIpc) is 2.48. The second kappa shape index (κ2) is 3.83. The molecule has 19 heavy (non-hydrogen) atoms. The first-order valence-electron chi connectivity index (χ1n) is 5.35. The summed E-state index contributed by atoms with van der Waals surface area (Å²) in [6.07, 6.45) is -3.45.